The zero-order chi connectivity index (χ0) is 21.3. The number of fused-ring (bicyclic) bond motifs is 1. The van der Waals surface area contributed by atoms with Gasteiger partial charge in [0.15, 0.2) is 7.14 Å². The second-order valence-electron chi connectivity index (χ2n) is 8.12. The smallest absolute Gasteiger partial charge is 0.171 e. The molecule has 0 heterocycles. The average molecular weight is 424 g/mol. The third-order valence-corrected chi connectivity index (χ3v) is 9.47. The monoisotopic (exact) mass is 424 g/mol. The predicted octanol–water partition coefficient (Wildman–Crippen LogP) is 4.77. The first-order valence-corrected chi connectivity index (χ1v) is 12.5. The highest BCUT2D eigenvalue weighted by Crippen LogP contribution is 2.46. The molecule has 0 bridgehead atoms. The zero-order valence-electron chi connectivity index (χ0n) is 17.3. The predicted molar refractivity (Wildman–Crippen MR) is 128 cm³/mol. The van der Waals surface area contributed by atoms with E-state index in [1.807, 2.05) is 91.0 Å². The van der Waals surface area contributed by atoms with Crippen LogP contribution in [0.4, 0.5) is 0 Å². The normalized spacial score (nSPS) is 18.4. The van der Waals surface area contributed by atoms with E-state index in [0.29, 0.717) is 6.42 Å². The molecule has 4 aromatic rings. The topological polar surface area (TPSA) is 37.3 Å². The molecular weight excluding hydrogens is 399 g/mol. The van der Waals surface area contributed by atoms with E-state index in [9.17, 15) is 5.11 Å². The minimum atomic E-state index is -3.13. The summed E-state index contributed by atoms with van der Waals surface area (Å²) in [5, 5.41) is 13.5. The number of aryl methyl sites for hydroxylation is 1. The Morgan fingerprint density at radius 2 is 1.16 bits per heavy atom. The van der Waals surface area contributed by atoms with Crippen LogP contribution in [0.5, 0.6) is 0 Å². The number of benzene rings is 4. The van der Waals surface area contributed by atoms with E-state index >= 15 is 4.57 Å². The Hall–Kier alpha value is -2.93. The minimum Gasteiger partial charge on any atom is -0.392 e. The summed E-state index contributed by atoms with van der Waals surface area (Å²) in [7, 11) is -3.13. The average Bonchev–Trinajstić information content (AvgIpc) is 2.85. The Balaban J connectivity index is 1.78. The van der Waals surface area contributed by atoms with Crippen molar-refractivity contribution in [2.45, 2.75) is 24.9 Å². The van der Waals surface area contributed by atoms with Crippen molar-refractivity contribution in [1.29, 1.82) is 0 Å². The van der Waals surface area contributed by atoms with Crippen molar-refractivity contribution < 1.29 is 9.67 Å². The second kappa shape index (κ2) is 8.30. The van der Waals surface area contributed by atoms with E-state index in [-0.39, 0.29) is 5.92 Å². The third-order valence-electron chi connectivity index (χ3n) is 6.34. The van der Waals surface area contributed by atoms with E-state index in [0.717, 1.165) is 33.5 Å². The minimum absolute atomic E-state index is 0.193. The standard InChI is InChI=1S/C28H25O2P/c29-26-20-19-21-11-7-8-16-24(21)28(26)25-17-9-10-18-27(25)31(30,22-12-3-1-4-13-22)23-14-5-2-6-15-23/h1-18,26,28-29H,19-20H2/t26-,28+/m0/s1. The maximum absolute atomic E-state index is 15.0. The van der Waals surface area contributed by atoms with E-state index < -0.39 is 13.2 Å². The Morgan fingerprint density at radius 1 is 0.645 bits per heavy atom. The van der Waals surface area contributed by atoms with E-state index in [1.165, 1.54) is 5.56 Å². The quantitative estimate of drug-likeness (QED) is 0.480. The highest BCUT2D eigenvalue weighted by Gasteiger charge is 2.37. The second-order valence-corrected chi connectivity index (χ2v) is 10.9. The number of hydrogen-bond acceptors (Lipinski definition) is 2. The van der Waals surface area contributed by atoms with E-state index in [4.69, 9.17) is 0 Å². The van der Waals surface area contributed by atoms with Crippen molar-refractivity contribution >= 4 is 23.1 Å². The van der Waals surface area contributed by atoms with E-state index in [2.05, 4.69) is 18.2 Å². The van der Waals surface area contributed by atoms with Gasteiger partial charge in [0, 0.05) is 21.8 Å². The molecule has 0 aliphatic heterocycles. The van der Waals surface area contributed by atoms with Crippen LogP contribution >= 0.6 is 7.14 Å². The number of rotatable bonds is 4. The summed E-state index contributed by atoms with van der Waals surface area (Å²) in [4.78, 5) is 0. The molecule has 0 saturated carbocycles. The summed E-state index contributed by atoms with van der Waals surface area (Å²) in [5.74, 6) is -0.193. The van der Waals surface area contributed by atoms with Crippen LogP contribution in [-0.2, 0) is 11.0 Å². The highest BCUT2D eigenvalue weighted by atomic mass is 31.2. The first kappa shape index (κ1) is 20.0. The number of aliphatic hydroxyl groups excluding tert-OH is 1. The molecule has 0 radical (unpaired) electrons. The molecule has 0 saturated heterocycles. The van der Waals surface area contributed by atoms with Gasteiger partial charge in [-0.05, 0) is 29.5 Å². The van der Waals surface area contributed by atoms with Gasteiger partial charge < -0.3 is 9.67 Å². The van der Waals surface area contributed by atoms with Crippen molar-refractivity contribution in [1.82, 2.24) is 0 Å². The van der Waals surface area contributed by atoms with Gasteiger partial charge in [0.25, 0.3) is 0 Å². The van der Waals surface area contributed by atoms with Gasteiger partial charge in [0.1, 0.15) is 0 Å². The van der Waals surface area contributed by atoms with Crippen LogP contribution in [0.15, 0.2) is 109 Å². The Morgan fingerprint density at radius 3 is 1.81 bits per heavy atom. The van der Waals surface area contributed by atoms with Gasteiger partial charge in [-0.25, -0.2) is 0 Å². The molecule has 0 fully saturated rings. The highest BCUT2D eigenvalue weighted by molar-refractivity contribution is 7.85. The molecule has 0 spiro atoms. The van der Waals surface area contributed by atoms with E-state index in [1.54, 1.807) is 0 Å². The molecular formula is C28H25O2P. The molecule has 2 nitrogen and oxygen atoms in total. The van der Waals surface area contributed by atoms with Gasteiger partial charge in [-0.1, -0.05) is 109 Å². The maximum Gasteiger partial charge on any atom is 0.171 e. The van der Waals surface area contributed by atoms with Crippen molar-refractivity contribution in [3.8, 4) is 0 Å². The first-order valence-electron chi connectivity index (χ1n) is 10.8. The van der Waals surface area contributed by atoms with Gasteiger partial charge >= 0.3 is 0 Å². The van der Waals surface area contributed by atoms with Crippen molar-refractivity contribution in [3.63, 3.8) is 0 Å². The number of hydrogen-bond donors (Lipinski definition) is 1. The van der Waals surface area contributed by atoms with Crippen LogP contribution in [0.25, 0.3) is 0 Å². The molecule has 31 heavy (non-hydrogen) atoms. The molecule has 0 aromatic heterocycles. The summed E-state index contributed by atoms with van der Waals surface area (Å²) >= 11 is 0. The van der Waals surface area contributed by atoms with Gasteiger partial charge in [-0.2, -0.15) is 0 Å². The van der Waals surface area contributed by atoms with Crippen LogP contribution in [0.3, 0.4) is 0 Å². The summed E-state index contributed by atoms with van der Waals surface area (Å²) in [6, 6.07) is 35.8. The van der Waals surface area contributed by atoms with Crippen LogP contribution in [-0.4, -0.2) is 11.2 Å². The Kier molecular flexibility index (Phi) is 5.36. The summed E-state index contributed by atoms with van der Waals surface area (Å²) < 4.78 is 15.0. The fraction of sp³-hybridized carbons (Fsp3) is 0.143. The largest absolute Gasteiger partial charge is 0.392 e. The Bertz CT molecular complexity index is 1190. The molecule has 1 N–H and O–H groups in total. The molecule has 0 unspecified atom stereocenters. The molecule has 4 aromatic carbocycles. The lowest BCUT2D eigenvalue weighted by Gasteiger charge is -2.33. The molecule has 154 valence electrons. The van der Waals surface area contributed by atoms with Crippen LogP contribution in [0.1, 0.15) is 29.0 Å². The van der Waals surface area contributed by atoms with Crippen molar-refractivity contribution in [2.75, 3.05) is 0 Å². The number of aliphatic hydroxyl groups is 1. The molecule has 1 aliphatic rings. The fourth-order valence-electron chi connectivity index (χ4n) is 4.86. The van der Waals surface area contributed by atoms with Crippen molar-refractivity contribution in [2.24, 2.45) is 0 Å². The van der Waals surface area contributed by atoms with Crippen LogP contribution in [0.2, 0.25) is 0 Å². The molecule has 2 atom stereocenters. The van der Waals surface area contributed by atoms with Gasteiger partial charge in [-0.3, -0.25) is 0 Å². The summed E-state index contributed by atoms with van der Waals surface area (Å²) in [5.41, 5.74) is 3.36. The first-order chi connectivity index (χ1) is 15.2. The summed E-state index contributed by atoms with van der Waals surface area (Å²) in [6.07, 6.45) is 1.07. The Labute approximate surface area is 183 Å². The zero-order valence-corrected chi connectivity index (χ0v) is 18.2. The lowest BCUT2D eigenvalue weighted by molar-refractivity contribution is 0.140. The maximum atomic E-state index is 15.0. The van der Waals surface area contributed by atoms with Crippen LogP contribution in [0, 0.1) is 0 Å². The van der Waals surface area contributed by atoms with Crippen LogP contribution < -0.4 is 15.9 Å². The van der Waals surface area contributed by atoms with Gasteiger partial charge in [-0.15, -0.1) is 0 Å². The summed E-state index contributed by atoms with van der Waals surface area (Å²) in [6.45, 7) is 0. The molecule has 0 amide bonds. The molecule has 1 aliphatic carbocycles. The molecule has 3 heteroatoms. The lowest BCUT2D eigenvalue weighted by atomic mass is 9.77. The van der Waals surface area contributed by atoms with Gasteiger partial charge in [0.2, 0.25) is 0 Å². The fourth-order valence-corrected chi connectivity index (χ4v) is 7.77. The van der Waals surface area contributed by atoms with Crippen molar-refractivity contribution in [3.05, 3.63) is 126 Å². The third kappa shape index (κ3) is 3.47. The molecule has 5 rings (SSSR count). The van der Waals surface area contributed by atoms with Gasteiger partial charge in [0.05, 0.1) is 6.10 Å². The lowest BCUT2D eigenvalue weighted by Crippen LogP contribution is -2.33. The SMILES string of the molecule is O=P(c1ccccc1)(c1ccccc1)c1ccccc1[C@H]1c2ccccc2CC[C@@H]1O.